The van der Waals surface area contributed by atoms with Gasteiger partial charge in [0.15, 0.2) is 5.75 Å². The van der Waals surface area contributed by atoms with Crippen LogP contribution in [-0.2, 0) is 24.2 Å². The van der Waals surface area contributed by atoms with E-state index in [1.165, 1.54) is 26.1 Å². The van der Waals surface area contributed by atoms with Gasteiger partial charge in [0.05, 0.1) is 17.5 Å². The molecule has 2 aromatic heterocycles. The summed E-state index contributed by atoms with van der Waals surface area (Å²) in [7, 11) is -1.65. The van der Waals surface area contributed by atoms with E-state index in [4.69, 9.17) is 4.18 Å². The maximum absolute atomic E-state index is 14.7. The van der Waals surface area contributed by atoms with Crippen LogP contribution in [-0.4, -0.2) is 28.4 Å². The predicted octanol–water partition coefficient (Wildman–Crippen LogP) is 0.779. The molecule has 154 valence electrons. The van der Waals surface area contributed by atoms with Gasteiger partial charge in [0, 0.05) is 17.7 Å². The van der Waals surface area contributed by atoms with Crippen LogP contribution in [0.2, 0.25) is 0 Å². The van der Waals surface area contributed by atoms with Crippen molar-refractivity contribution in [2.75, 3.05) is 6.26 Å². The molecule has 29 heavy (non-hydrogen) atoms. The van der Waals surface area contributed by atoms with Crippen molar-refractivity contribution < 1.29 is 17.0 Å². The fraction of sp³-hybridized carbons (Fsp3) is 0.235. The van der Waals surface area contributed by atoms with E-state index in [-0.39, 0.29) is 22.3 Å². The van der Waals surface area contributed by atoms with Crippen molar-refractivity contribution in [3.63, 3.8) is 0 Å². The lowest BCUT2D eigenvalue weighted by Crippen LogP contribution is -2.41. The smallest absolute Gasteiger partial charge is 0.337 e. The quantitative estimate of drug-likeness (QED) is 0.363. The Kier molecular flexibility index (Phi) is 5.19. The summed E-state index contributed by atoms with van der Waals surface area (Å²) in [5.41, 5.74) is -3.14. The first-order chi connectivity index (χ1) is 13.3. The van der Waals surface area contributed by atoms with Crippen LogP contribution in [0.3, 0.4) is 0 Å². The van der Waals surface area contributed by atoms with Gasteiger partial charge in [-0.05, 0) is 47.7 Å². The topological polar surface area (TPSA) is 109 Å². The first kappa shape index (κ1) is 21.2. The van der Waals surface area contributed by atoms with Gasteiger partial charge < -0.3 is 4.18 Å². The summed E-state index contributed by atoms with van der Waals surface area (Å²) in [6.07, 6.45) is 0.759. The van der Waals surface area contributed by atoms with Crippen LogP contribution in [0.15, 0.2) is 32.6 Å². The number of halogens is 2. The summed E-state index contributed by atoms with van der Waals surface area (Å²) in [6, 6.07) is 4.05. The minimum atomic E-state index is -4.11. The summed E-state index contributed by atoms with van der Waals surface area (Å²) < 4.78 is 46.2. The summed E-state index contributed by atoms with van der Waals surface area (Å²) in [5.74, 6) is -1.26. The van der Waals surface area contributed by atoms with Crippen LogP contribution in [0, 0.1) is 16.3 Å². The Morgan fingerprint density at radius 1 is 1.07 bits per heavy atom. The highest BCUT2D eigenvalue weighted by Gasteiger charge is 2.25. The molecule has 0 aliphatic rings. The average molecular weight is 535 g/mol. The van der Waals surface area contributed by atoms with Crippen LogP contribution in [0.5, 0.6) is 5.75 Å². The van der Waals surface area contributed by atoms with Crippen molar-refractivity contribution in [3.05, 3.63) is 64.3 Å². The third-order valence-electron chi connectivity index (χ3n) is 4.33. The highest BCUT2D eigenvalue weighted by molar-refractivity contribution is 14.1. The van der Waals surface area contributed by atoms with E-state index in [2.05, 4.69) is 0 Å². The fourth-order valence-corrected chi connectivity index (χ4v) is 3.95. The minimum Gasteiger partial charge on any atom is -0.381 e. The summed E-state index contributed by atoms with van der Waals surface area (Å²) in [4.78, 5) is 38.4. The normalized spacial score (nSPS) is 11.8. The van der Waals surface area contributed by atoms with Crippen molar-refractivity contribution in [1.29, 1.82) is 0 Å². The number of hydrogen-bond donors (Lipinski definition) is 0. The van der Waals surface area contributed by atoms with Gasteiger partial charge in [-0.1, -0.05) is 0 Å². The van der Waals surface area contributed by atoms with E-state index in [0.717, 1.165) is 22.4 Å². The van der Waals surface area contributed by atoms with Crippen molar-refractivity contribution >= 4 is 43.7 Å². The lowest BCUT2D eigenvalue weighted by molar-refractivity contribution is 0.491. The molecule has 9 nitrogen and oxygen atoms in total. The van der Waals surface area contributed by atoms with Crippen LogP contribution in [0.1, 0.15) is 5.56 Å². The van der Waals surface area contributed by atoms with Crippen LogP contribution in [0.4, 0.5) is 4.39 Å². The van der Waals surface area contributed by atoms with Crippen molar-refractivity contribution in [3.8, 4) is 11.4 Å². The molecule has 0 radical (unpaired) electrons. The van der Waals surface area contributed by atoms with Crippen LogP contribution < -0.4 is 21.0 Å². The number of aryl methyl sites for hydroxylation is 1. The monoisotopic (exact) mass is 535 g/mol. The van der Waals surface area contributed by atoms with Crippen LogP contribution in [0.25, 0.3) is 16.7 Å². The van der Waals surface area contributed by atoms with Gasteiger partial charge in [-0.3, -0.25) is 18.7 Å². The molecule has 0 spiro atoms. The third kappa shape index (κ3) is 3.50. The Morgan fingerprint density at radius 3 is 2.24 bits per heavy atom. The van der Waals surface area contributed by atoms with E-state index in [9.17, 15) is 27.2 Å². The molecule has 0 unspecified atom stereocenters. The van der Waals surface area contributed by atoms with Gasteiger partial charge in [-0.2, -0.15) is 8.42 Å². The SMILES string of the molecule is Cc1c(OS(C)(=O)=O)c2c(=O)n(C)c(=O)n(-c3ccc(I)cc3F)c2n(C)c1=O. The Hall–Kier alpha value is -2.48. The van der Waals surface area contributed by atoms with E-state index in [1.807, 2.05) is 22.6 Å². The average Bonchev–Trinajstić information content (AvgIpc) is 2.61. The zero-order valence-electron chi connectivity index (χ0n) is 15.7. The second-order valence-corrected chi connectivity index (χ2v) is 9.20. The van der Waals surface area contributed by atoms with Gasteiger partial charge in [-0.25, -0.2) is 13.8 Å². The summed E-state index contributed by atoms with van der Waals surface area (Å²) in [6.45, 7) is 1.29. The number of aromatic nitrogens is 3. The van der Waals surface area contributed by atoms with E-state index >= 15 is 0 Å². The standard InChI is InChI=1S/C17H15FIN3O6S/c1-8-13(28-29(4,26)27)12-14(20(2)15(8)23)22(17(25)21(3)16(12)24)11-6-5-9(19)7-10(11)18/h5-7H,1-4H3. The van der Waals surface area contributed by atoms with Crippen molar-refractivity contribution in [1.82, 2.24) is 13.7 Å². The largest absolute Gasteiger partial charge is 0.381 e. The molecule has 0 aliphatic heterocycles. The van der Waals surface area contributed by atoms with Gasteiger partial charge in [-0.15, -0.1) is 0 Å². The molecule has 0 saturated carbocycles. The summed E-state index contributed by atoms with van der Waals surface area (Å²) in [5, 5.41) is -0.338. The Bertz CT molecular complexity index is 1470. The first-order valence-corrected chi connectivity index (χ1v) is 10.9. The lowest BCUT2D eigenvalue weighted by atomic mass is 10.2. The zero-order valence-corrected chi connectivity index (χ0v) is 18.7. The molecule has 0 amide bonds. The molecule has 1 aromatic carbocycles. The Morgan fingerprint density at radius 2 is 1.69 bits per heavy atom. The van der Waals surface area contributed by atoms with Gasteiger partial charge in [0.25, 0.3) is 11.1 Å². The molecule has 2 heterocycles. The molecular weight excluding hydrogens is 520 g/mol. The van der Waals surface area contributed by atoms with Gasteiger partial charge in [0.1, 0.15) is 16.9 Å². The number of pyridine rings is 1. The van der Waals surface area contributed by atoms with E-state index in [0.29, 0.717) is 8.14 Å². The maximum atomic E-state index is 14.7. The molecule has 3 aromatic rings. The second-order valence-electron chi connectivity index (χ2n) is 6.38. The first-order valence-electron chi connectivity index (χ1n) is 8.05. The van der Waals surface area contributed by atoms with E-state index < -0.39 is 38.5 Å². The van der Waals surface area contributed by atoms with Gasteiger partial charge in [0.2, 0.25) is 0 Å². The lowest BCUT2D eigenvalue weighted by Gasteiger charge is -2.18. The number of rotatable bonds is 3. The molecule has 12 heteroatoms. The van der Waals surface area contributed by atoms with Crippen LogP contribution >= 0.6 is 22.6 Å². The molecule has 0 N–H and O–H groups in total. The molecule has 0 saturated heterocycles. The molecule has 0 bridgehead atoms. The van der Waals surface area contributed by atoms with Crippen molar-refractivity contribution in [2.24, 2.45) is 14.1 Å². The minimum absolute atomic E-state index is 0.143. The maximum Gasteiger partial charge on any atom is 0.337 e. The predicted molar refractivity (Wildman–Crippen MR) is 113 cm³/mol. The number of nitrogens with zero attached hydrogens (tertiary/aromatic N) is 3. The molecule has 3 rings (SSSR count). The van der Waals surface area contributed by atoms with Crippen molar-refractivity contribution in [2.45, 2.75) is 6.92 Å². The number of fused-ring (bicyclic) bond motifs is 1. The Balaban J connectivity index is 2.71. The fourth-order valence-electron chi connectivity index (χ4n) is 2.99. The molecule has 0 aliphatic carbocycles. The zero-order chi connectivity index (χ0) is 21.8. The third-order valence-corrected chi connectivity index (χ3v) is 5.47. The van der Waals surface area contributed by atoms with E-state index in [1.54, 1.807) is 6.07 Å². The Labute approximate surface area is 177 Å². The number of hydrogen-bond acceptors (Lipinski definition) is 6. The highest BCUT2D eigenvalue weighted by Crippen LogP contribution is 2.27. The van der Waals surface area contributed by atoms with Gasteiger partial charge >= 0.3 is 15.8 Å². The highest BCUT2D eigenvalue weighted by atomic mass is 127. The molecular formula is C17H15FIN3O6S. The number of benzene rings is 1. The molecule has 0 atom stereocenters. The summed E-state index contributed by atoms with van der Waals surface area (Å²) >= 11 is 1.89. The molecule has 0 fully saturated rings. The second kappa shape index (κ2) is 7.09.